The molecule has 20 heavy (non-hydrogen) atoms. The van der Waals surface area contributed by atoms with Crippen molar-refractivity contribution in [3.8, 4) is 5.75 Å². The zero-order valence-electron chi connectivity index (χ0n) is 12.0. The minimum absolute atomic E-state index is 0.0709. The van der Waals surface area contributed by atoms with Crippen molar-refractivity contribution in [2.45, 2.75) is 26.0 Å². The SMILES string of the molecule is CC(CNC(=O)N(C)C(C)CO)Oc1cccc(Cl)c1. The predicted molar refractivity (Wildman–Crippen MR) is 79.3 cm³/mol. The van der Waals surface area contributed by atoms with E-state index >= 15 is 0 Å². The van der Waals surface area contributed by atoms with E-state index in [1.54, 1.807) is 32.2 Å². The molecule has 112 valence electrons. The van der Waals surface area contributed by atoms with Crippen LogP contribution in [0.15, 0.2) is 24.3 Å². The summed E-state index contributed by atoms with van der Waals surface area (Å²) in [6.45, 7) is 3.93. The van der Waals surface area contributed by atoms with Gasteiger partial charge >= 0.3 is 6.03 Å². The second-order valence-electron chi connectivity index (χ2n) is 4.71. The van der Waals surface area contributed by atoms with Crippen LogP contribution in [0.25, 0.3) is 0 Å². The number of nitrogens with zero attached hydrogens (tertiary/aromatic N) is 1. The number of aliphatic hydroxyl groups is 1. The predicted octanol–water partition coefficient (Wildman–Crippen LogP) is 2.13. The monoisotopic (exact) mass is 300 g/mol. The molecule has 0 radical (unpaired) electrons. The van der Waals surface area contributed by atoms with Crippen LogP contribution in [0.2, 0.25) is 5.02 Å². The van der Waals surface area contributed by atoms with Crippen LogP contribution < -0.4 is 10.1 Å². The summed E-state index contributed by atoms with van der Waals surface area (Å²) in [7, 11) is 1.64. The largest absolute Gasteiger partial charge is 0.489 e. The number of benzene rings is 1. The van der Waals surface area contributed by atoms with Crippen LogP contribution in [-0.4, -0.2) is 48.4 Å². The minimum atomic E-state index is -0.243. The normalized spacial score (nSPS) is 13.4. The van der Waals surface area contributed by atoms with E-state index in [4.69, 9.17) is 21.4 Å². The second-order valence-corrected chi connectivity index (χ2v) is 5.15. The number of hydrogen-bond donors (Lipinski definition) is 2. The van der Waals surface area contributed by atoms with Crippen molar-refractivity contribution in [1.82, 2.24) is 10.2 Å². The highest BCUT2D eigenvalue weighted by molar-refractivity contribution is 6.30. The Balaban J connectivity index is 2.40. The fourth-order valence-corrected chi connectivity index (χ4v) is 1.67. The molecule has 0 aliphatic carbocycles. The van der Waals surface area contributed by atoms with Crippen molar-refractivity contribution in [3.63, 3.8) is 0 Å². The maximum absolute atomic E-state index is 11.8. The molecule has 5 nitrogen and oxygen atoms in total. The fourth-order valence-electron chi connectivity index (χ4n) is 1.49. The van der Waals surface area contributed by atoms with Gasteiger partial charge in [-0.05, 0) is 32.0 Å². The molecule has 1 aromatic carbocycles. The first-order valence-electron chi connectivity index (χ1n) is 6.47. The van der Waals surface area contributed by atoms with Crippen molar-refractivity contribution in [1.29, 1.82) is 0 Å². The highest BCUT2D eigenvalue weighted by atomic mass is 35.5. The Labute approximate surface area is 124 Å². The molecular formula is C14H21ClN2O3. The van der Waals surface area contributed by atoms with E-state index in [0.717, 1.165) is 0 Å². The summed E-state index contributed by atoms with van der Waals surface area (Å²) >= 11 is 5.87. The maximum Gasteiger partial charge on any atom is 0.317 e. The number of likely N-dealkylation sites (N-methyl/N-ethyl adjacent to an activating group) is 1. The summed E-state index contributed by atoms with van der Waals surface area (Å²) < 4.78 is 5.65. The lowest BCUT2D eigenvalue weighted by Gasteiger charge is -2.24. The molecule has 0 aromatic heterocycles. The van der Waals surface area contributed by atoms with E-state index in [0.29, 0.717) is 17.3 Å². The molecule has 0 heterocycles. The molecule has 1 rings (SSSR count). The topological polar surface area (TPSA) is 61.8 Å². The van der Waals surface area contributed by atoms with E-state index in [1.165, 1.54) is 4.90 Å². The van der Waals surface area contributed by atoms with E-state index in [2.05, 4.69) is 5.32 Å². The van der Waals surface area contributed by atoms with E-state index < -0.39 is 0 Å². The van der Waals surface area contributed by atoms with E-state index in [-0.39, 0.29) is 24.8 Å². The van der Waals surface area contributed by atoms with Gasteiger partial charge in [0.2, 0.25) is 0 Å². The van der Waals surface area contributed by atoms with Crippen LogP contribution in [0.4, 0.5) is 4.79 Å². The highest BCUT2D eigenvalue weighted by Gasteiger charge is 2.15. The summed E-state index contributed by atoms with van der Waals surface area (Å²) in [6, 6.07) is 6.64. The standard InChI is InChI=1S/C14H21ClN2O3/c1-10(9-18)17(3)14(19)16-8-11(2)20-13-6-4-5-12(15)7-13/h4-7,10-11,18H,8-9H2,1-3H3,(H,16,19). The average molecular weight is 301 g/mol. The van der Waals surface area contributed by atoms with Gasteiger partial charge in [0.15, 0.2) is 0 Å². The number of amides is 2. The van der Waals surface area contributed by atoms with E-state index in [9.17, 15) is 4.79 Å². The number of aliphatic hydroxyl groups excluding tert-OH is 1. The smallest absolute Gasteiger partial charge is 0.317 e. The summed E-state index contributed by atoms with van der Waals surface area (Å²) in [6.07, 6.45) is -0.185. The Kier molecular flexibility index (Phi) is 6.61. The van der Waals surface area contributed by atoms with Crippen molar-refractivity contribution in [3.05, 3.63) is 29.3 Å². The molecule has 0 aliphatic heterocycles. The van der Waals surface area contributed by atoms with Gasteiger partial charge in [-0.25, -0.2) is 4.79 Å². The van der Waals surface area contributed by atoms with Gasteiger partial charge in [-0.2, -0.15) is 0 Å². The summed E-state index contributed by atoms with van der Waals surface area (Å²) in [4.78, 5) is 13.2. The Morgan fingerprint density at radius 1 is 1.50 bits per heavy atom. The highest BCUT2D eigenvalue weighted by Crippen LogP contribution is 2.18. The molecule has 2 unspecified atom stereocenters. The molecule has 2 atom stereocenters. The van der Waals surface area contributed by atoms with Crippen molar-refractivity contribution >= 4 is 17.6 Å². The first-order chi connectivity index (χ1) is 9.43. The lowest BCUT2D eigenvalue weighted by molar-refractivity contribution is 0.151. The molecule has 0 aliphatic rings. The van der Waals surface area contributed by atoms with Gasteiger partial charge in [-0.3, -0.25) is 0 Å². The Morgan fingerprint density at radius 2 is 2.20 bits per heavy atom. The Hall–Kier alpha value is -1.46. The van der Waals surface area contributed by atoms with Gasteiger partial charge in [0.05, 0.1) is 19.2 Å². The number of carbonyl (C=O) groups excluding carboxylic acids is 1. The van der Waals surface area contributed by atoms with Gasteiger partial charge in [0.1, 0.15) is 11.9 Å². The number of ether oxygens (including phenoxy) is 1. The Bertz CT molecular complexity index is 442. The fraction of sp³-hybridized carbons (Fsp3) is 0.500. The van der Waals surface area contributed by atoms with Crippen molar-refractivity contribution < 1.29 is 14.6 Å². The number of urea groups is 1. The molecule has 0 saturated carbocycles. The quantitative estimate of drug-likeness (QED) is 0.846. The lowest BCUT2D eigenvalue weighted by atomic mass is 10.3. The minimum Gasteiger partial charge on any atom is -0.489 e. The molecule has 2 amide bonds. The van der Waals surface area contributed by atoms with Crippen molar-refractivity contribution in [2.24, 2.45) is 0 Å². The van der Waals surface area contributed by atoms with Crippen molar-refractivity contribution in [2.75, 3.05) is 20.2 Å². The molecule has 1 aromatic rings. The maximum atomic E-state index is 11.8. The third-order valence-corrected chi connectivity index (χ3v) is 3.15. The zero-order chi connectivity index (χ0) is 15.1. The first kappa shape index (κ1) is 16.6. The van der Waals surface area contributed by atoms with Crippen LogP contribution in [0, 0.1) is 0 Å². The number of carbonyl (C=O) groups is 1. The molecular weight excluding hydrogens is 280 g/mol. The van der Waals surface area contributed by atoms with Gasteiger partial charge in [0, 0.05) is 12.1 Å². The molecule has 0 bridgehead atoms. The summed E-state index contributed by atoms with van der Waals surface area (Å²) in [5.41, 5.74) is 0. The average Bonchev–Trinajstić information content (AvgIpc) is 2.43. The van der Waals surface area contributed by atoms with Crippen LogP contribution >= 0.6 is 11.6 Å². The molecule has 6 heteroatoms. The molecule has 0 spiro atoms. The Morgan fingerprint density at radius 3 is 2.80 bits per heavy atom. The van der Waals surface area contributed by atoms with Gasteiger partial charge in [-0.15, -0.1) is 0 Å². The number of rotatable bonds is 6. The van der Waals surface area contributed by atoms with Crippen LogP contribution in [0.1, 0.15) is 13.8 Å². The number of nitrogens with one attached hydrogen (secondary N) is 1. The molecule has 0 fully saturated rings. The second kappa shape index (κ2) is 7.97. The molecule has 2 N–H and O–H groups in total. The number of halogens is 1. The van der Waals surface area contributed by atoms with Gasteiger partial charge in [-0.1, -0.05) is 17.7 Å². The number of hydrogen-bond acceptors (Lipinski definition) is 3. The van der Waals surface area contributed by atoms with Gasteiger partial charge in [0.25, 0.3) is 0 Å². The third kappa shape index (κ3) is 5.27. The first-order valence-corrected chi connectivity index (χ1v) is 6.85. The molecule has 0 saturated heterocycles. The zero-order valence-corrected chi connectivity index (χ0v) is 12.7. The lowest BCUT2D eigenvalue weighted by Crippen LogP contribution is -2.46. The van der Waals surface area contributed by atoms with Gasteiger partial charge < -0.3 is 20.1 Å². The van der Waals surface area contributed by atoms with Crippen LogP contribution in [0.3, 0.4) is 0 Å². The summed E-state index contributed by atoms with van der Waals surface area (Å²) in [5.74, 6) is 0.663. The third-order valence-electron chi connectivity index (χ3n) is 2.92. The van der Waals surface area contributed by atoms with E-state index in [1.807, 2.05) is 13.0 Å². The summed E-state index contributed by atoms with van der Waals surface area (Å²) in [5, 5.41) is 12.4. The van der Waals surface area contributed by atoms with Crippen LogP contribution in [0.5, 0.6) is 5.75 Å². The van der Waals surface area contributed by atoms with Crippen LogP contribution in [-0.2, 0) is 0 Å².